The van der Waals surface area contributed by atoms with Gasteiger partial charge in [0.25, 0.3) is 10.1 Å². The summed E-state index contributed by atoms with van der Waals surface area (Å²) in [6, 6.07) is 18.9. The van der Waals surface area contributed by atoms with Crippen LogP contribution >= 0.6 is 0 Å². The maximum atomic E-state index is 15.1. The molecule has 1 aromatic heterocycles. The van der Waals surface area contributed by atoms with Gasteiger partial charge in [-0.3, -0.25) is 42.5 Å². The molecule has 0 saturated carbocycles. The Balaban J connectivity index is 1.31. The number of amides is 2. The zero-order valence-electron chi connectivity index (χ0n) is 42.8. The van der Waals surface area contributed by atoms with Crippen molar-refractivity contribution < 1.29 is 55.6 Å². The summed E-state index contributed by atoms with van der Waals surface area (Å²) in [4.78, 5) is 85.0. The van der Waals surface area contributed by atoms with Crippen LogP contribution in [0.5, 0.6) is 0 Å². The maximum absolute atomic E-state index is 15.1. The molecular weight excluding hydrogens is 960 g/mol. The fourth-order valence-electron chi connectivity index (χ4n) is 8.69. The molecule has 396 valence electrons. The number of benzene rings is 3. The second-order valence-electron chi connectivity index (χ2n) is 20.1. The van der Waals surface area contributed by atoms with Crippen molar-refractivity contribution in [2.45, 2.75) is 115 Å². The van der Waals surface area contributed by atoms with Crippen molar-refractivity contribution in [2.24, 2.45) is 30.7 Å². The number of halogens is 1. The van der Waals surface area contributed by atoms with Crippen molar-refractivity contribution in [1.82, 2.24) is 30.5 Å². The van der Waals surface area contributed by atoms with Gasteiger partial charge in [0.05, 0.1) is 37.5 Å². The van der Waals surface area contributed by atoms with Crippen LogP contribution in [-0.2, 0) is 69.3 Å². The van der Waals surface area contributed by atoms with Gasteiger partial charge in [0.2, 0.25) is 11.8 Å². The number of carbonyl (C=O) groups excluding carboxylic acids is 6. The molecule has 19 heteroatoms. The third-order valence-electron chi connectivity index (χ3n) is 12.7. The molecule has 2 amide bonds. The molecule has 0 radical (unpaired) electrons. The minimum atomic E-state index is -5.01. The Labute approximate surface area is 428 Å². The van der Waals surface area contributed by atoms with E-state index in [4.69, 9.17) is 8.92 Å². The van der Waals surface area contributed by atoms with Gasteiger partial charge < -0.3 is 20.5 Å². The number of aryl methyl sites for hydroxylation is 3. The van der Waals surface area contributed by atoms with E-state index < -0.39 is 86.1 Å². The van der Waals surface area contributed by atoms with Crippen LogP contribution in [0.25, 0.3) is 0 Å². The number of carbonyl (C=O) groups is 6. The summed E-state index contributed by atoms with van der Waals surface area (Å²) in [5, 5.41) is 25.0. The van der Waals surface area contributed by atoms with Gasteiger partial charge in [-0.05, 0) is 80.2 Å². The van der Waals surface area contributed by atoms with Crippen LogP contribution < -0.4 is 10.6 Å². The first-order valence-electron chi connectivity index (χ1n) is 25.0. The Morgan fingerprint density at radius 1 is 0.822 bits per heavy atom. The van der Waals surface area contributed by atoms with Crippen LogP contribution in [0.3, 0.4) is 0 Å². The molecule has 5 atom stereocenters. The molecule has 3 N–H and O–H groups in total. The standard InChI is InChI=1S/C54H71FN6O11S/c1-36(2)27-46(56-52(66)41(18-17-38-13-9-7-10-14-38)30-44(62)34-61-23-25-71-26-24-61)49(64)31-42(29-39-15-11-8-12-16-39)53(67)57-47(28-37(3)4)51(65)54(5,68)35-72-73(69,70)50-32-40(19-21-45(50)55)48(63)22-20-43-33-60(6)59-58-43/h7-16,19,21,32-33,36-37,41-42,46-47,68H,17-18,20,22-31,34-35H2,1-6H3,(H,56,66)(H,57,67)/t41-,42-,46+,47+,54?/m1/s1. The fraction of sp³-hybridized carbons (Fsp3) is 0.519. The van der Waals surface area contributed by atoms with Gasteiger partial charge in [0.15, 0.2) is 17.3 Å². The van der Waals surface area contributed by atoms with Gasteiger partial charge in [-0.15, -0.1) is 5.10 Å². The number of ketones is 4. The van der Waals surface area contributed by atoms with Crippen molar-refractivity contribution >= 4 is 45.1 Å². The summed E-state index contributed by atoms with van der Waals surface area (Å²) in [6.45, 7) is 9.63. The predicted octanol–water partition coefficient (Wildman–Crippen LogP) is 5.22. The summed E-state index contributed by atoms with van der Waals surface area (Å²) < 4.78 is 54.0. The first-order valence-corrected chi connectivity index (χ1v) is 26.4. The molecule has 0 bridgehead atoms. The lowest BCUT2D eigenvalue weighted by molar-refractivity contribution is -0.143. The Morgan fingerprint density at radius 2 is 1.42 bits per heavy atom. The average molecular weight is 1030 g/mol. The van der Waals surface area contributed by atoms with Crippen molar-refractivity contribution in [2.75, 3.05) is 39.5 Å². The van der Waals surface area contributed by atoms with Crippen molar-refractivity contribution in [3.63, 3.8) is 0 Å². The van der Waals surface area contributed by atoms with Gasteiger partial charge in [0, 0.05) is 69.4 Å². The van der Waals surface area contributed by atoms with Crippen LogP contribution in [0.4, 0.5) is 4.39 Å². The van der Waals surface area contributed by atoms with Crippen molar-refractivity contribution in [3.05, 3.63) is 113 Å². The van der Waals surface area contributed by atoms with Gasteiger partial charge in [-0.25, -0.2) is 4.39 Å². The van der Waals surface area contributed by atoms with Crippen LogP contribution in [-0.4, -0.2) is 126 Å². The molecule has 1 aliphatic rings. The van der Waals surface area contributed by atoms with Gasteiger partial charge in [-0.1, -0.05) is 93.6 Å². The zero-order valence-corrected chi connectivity index (χ0v) is 43.6. The van der Waals surface area contributed by atoms with Gasteiger partial charge in [-0.2, -0.15) is 8.42 Å². The quantitative estimate of drug-likeness (QED) is 0.0450. The third-order valence-corrected chi connectivity index (χ3v) is 14.0. The normalized spacial score (nSPS) is 15.8. The Hall–Kier alpha value is -5.86. The lowest BCUT2D eigenvalue weighted by Crippen LogP contribution is -2.54. The largest absolute Gasteiger partial charge is 0.380 e. The number of nitrogens with zero attached hydrogens (tertiary/aromatic N) is 4. The molecule has 3 aromatic carbocycles. The van der Waals surface area contributed by atoms with E-state index in [9.17, 15) is 42.3 Å². The van der Waals surface area contributed by atoms with Crippen LogP contribution in [0.1, 0.15) is 100 Å². The lowest BCUT2D eigenvalue weighted by Gasteiger charge is -2.30. The van der Waals surface area contributed by atoms with E-state index in [2.05, 4.69) is 20.9 Å². The average Bonchev–Trinajstić information content (AvgIpc) is 3.78. The molecule has 4 aromatic rings. The highest BCUT2D eigenvalue weighted by Gasteiger charge is 2.41. The molecule has 1 fully saturated rings. The Kier molecular flexibility index (Phi) is 21.8. The van der Waals surface area contributed by atoms with Crippen molar-refractivity contribution in [3.8, 4) is 0 Å². The summed E-state index contributed by atoms with van der Waals surface area (Å²) in [6.07, 6.45) is 2.53. The van der Waals surface area contributed by atoms with E-state index in [1.165, 1.54) is 4.68 Å². The number of aliphatic hydroxyl groups is 1. The molecule has 17 nitrogen and oxygen atoms in total. The first-order chi connectivity index (χ1) is 34.6. The summed E-state index contributed by atoms with van der Waals surface area (Å²) in [5.41, 5.74) is -0.448. The lowest BCUT2D eigenvalue weighted by atomic mass is 9.86. The van der Waals surface area contributed by atoms with Crippen molar-refractivity contribution in [1.29, 1.82) is 0 Å². The maximum Gasteiger partial charge on any atom is 0.300 e. The number of nitrogens with one attached hydrogen (secondary N) is 2. The molecule has 73 heavy (non-hydrogen) atoms. The summed E-state index contributed by atoms with van der Waals surface area (Å²) in [7, 11) is -3.35. The fourth-order valence-corrected chi connectivity index (χ4v) is 9.78. The van der Waals surface area contributed by atoms with E-state index in [1.54, 1.807) is 57.4 Å². The number of hydrogen-bond acceptors (Lipinski definition) is 14. The molecular formula is C54H71FN6O11S. The third kappa shape index (κ3) is 18.5. The van der Waals surface area contributed by atoms with E-state index in [-0.39, 0.29) is 74.7 Å². The highest BCUT2D eigenvalue weighted by molar-refractivity contribution is 7.86. The number of rotatable bonds is 30. The molecule has 0 aliphatic carbocycles. The van der Waals surface area contributed by atoms with Gasteiger partial charge >= 0.3 is 0 Å². The molecule has 1 unspecified atom stereocenters. The number of Topliss-reactive ketones (excluding diaryl/α,β-unsaturated/α-hetero) is 4. The van der Waals surface area contributed by atoms with E-state index >= 15 is 4.39 Å². The second kappa shape index (κ2) is 27.4. The molecule has 5 rings (SSSR count). The highest BCUT2D eigenvalue weighted by Crippen LogP contribution is 2.25. The monoisotopic (exact) mass is 1030 g/mol. The van der Waals surface area contributed by atoms with Crippen LogP contribution in [0.2, 0.25) is 0 Å². The SMILES string of the molecule is CC(C)C[C@H](NC(=O)[C@H](CCc1ccccc1)CC(=O)CN1CCOCC1)C(=O)C[C@@H](Cc1ccccc1)C(=O)N[C@@H](CC(C)C)C(=O)C(C)(O)COS(=O)(=O)c1cc(C(=O)CCc2cn(C)nn2)ccc1F. The van der Waals surface area contributed by atoms with Crippen LogP contribution in [0, 0.1) is 29.5 Å². The van der Waals surface area contributed by atoms with Gasteiger partial charge in [0.1, 0.15) is 28.7 Å². The molecule has 0 spiro atoms. The summed E-state index contributed by atoms with van der Waals surface area (Å²) in [5.74, 6) is -6.53. The van der Waals surface area contributed by atoms with Crippen LogP contribution in [0.15, 0.2) is 90.0 Å². The summed E-state index contributed by atoms with van der Waals surface area (Å²) >= 11 is 0. The molecule has 2 heterocycles. The topological polar surface area (TPSA) is 233 Å². The molecule has 1 aliphatic heterocycles. The van der Waals surface area contributed by atoms with E-state index in [0.717, 1.165) is 30.7 Å². The number of morpholine rings is 1. The predicted molar refractivity (Wildman–Crippen MR) is 270 cm³/mol. The Bertz CT molecular complexity index is 2600. The first kappa shape index (κ1) is 58.0. The van der Waals surface area contributed by atoms with E-state index in [1.807, 2.05) is 49.1 Å². The minimum absolute atomic E-state index is 0.00646. The number of aromatic nitrogens is 3. The highest BCUT2D eigenvalue weighted by atomic mass is 32.2. The van der Waals surface area contributed by atoms with E-state index in [0.29, 0.717) is 50.4 Å². The Morgan fingerprint density at radius 3 is 2.04 bits per heavy atom. The minimum Gasteiger partial charge on any atom is -0.380 e. The zero-order chi connectivity index (χ0) is 53.3. The number of hydrogen-bond donors (Lipinski definition) is 3. The second-order valence-corrected chi connectivity index (χ2v) is 21.7. The number of ether oxygens (including phenoxy) is 1. The smallest absolute Gasteiger partial charge is 0.300 e. The molecule has 1 saturated heterocycles.